The molecule has 1 aromatic carbocycles. The van der Waals surface area contributed by atoms with Crippen molar-refractivity contribution in [1.82, 2.24) is 9.97 Å². The summed E-state index contributed by atoms with van der Waals surface area (Å²) in [5, 5.41) is 2.75. The second-order valence-corrected chi connectivity index (χ2v) is 5.16. The average molecular weight is 301 g/mol. The summed E-state index contributed by atoms with van der Waals surface area (Å²) in [5.41, 5.74) is 3.89. The number of nitrogens with zero attached hydrogens (tertiary/aromatic N) is 1. The van der Waals surface area contributed by atoms with Gasteiger partial charge in [-0.05, 0) is 30.3 Å². The van der Waals surface area contributed by atoms with Gasteiger partial charge in [0.2, 0.25) is 0 Å². The molecule has 0 unspecified atom stereocenters. The molecule has 3 rings (SSSR count). The lowest BCUT2D eigenvalue weighted by atomic mass is 10.2. The van der Waals surface area contributed by atoms with E-state index in [9.17, 15) is 9.59 Å². The van der Waals surface area contributed by atoms with E-state index in [0.717, 1.165) is 4.70 Å². The highest BCUT2D eigenvalue weighted by Crippen LogP contribution is 2.19. The summed E-state index contributed by atoms with van der Waals surface area (Å²) < 4.78 is 5.55. The summed E-state index contributed by atoms with van der Waals surface area (Å²) in [6, 6.07) is 8.24. The number of ether oxygens (including phenoxy) is 1. The third-order valence-corrected chi connectivity index (χ3v) is 3.71. The van der Waals surface area contributed by atoms with Gasteiger partial charge in [-0.2, -0.15) is 0 Å². The fourth-order valence-corrected chi connectivity index (χ4v) is 2.55. The monoisotopic (exact) mass is 301 g/mol. The second kappa shape index (κ2) is 5.37. The first-order chi connectivity index (χ1) is 10.2. The van der Waals surface area contributed by atoms with Gasteiger partial charge in [0.05, 0.1) is 22.9 Å². The fraction of sp³-hybridized carbons (Fsp3) is 0.0714. The molecule has 21 heavy (non-hydrogen) atoms. The van der Waals surface area contributed by atoms with Crippen LogP contribution in [0.15, 0.2) is 35.8 Å². The van der Waals surface area contributed by atoms with Crippen LogP contribution in [0.25, 0.3) is 10.3 Å². The van der Waals surface area contributed by atoms with Crippen molar-refractivity contribution in [2.75, 3.05) is 12.4 Å². The van der Waals surface area contributed by atoms with Crippen LogP contribution >= 0.6 is 11.3 Å². The van der Waals surface area contributed by atoms with Crippen molar-refractivity contribution in [2.45, 2.75) is 0 Å². The minimum atomic E-state index is -0.413. The maximum atomic E-state index is 12.1. The Labute approximate surface area is 123 Å². The molecule has 0 fully saturated rings. The van der Waals surface area contributed by atoms with Gasteiger partial charge in [0.1, 0.15) is 11.3 Å². The van der Waals surface area contributed by atoms with Crippen LogP contribution in [0.1, 0.15) is 20.8 Å². The normalized spacial score (nSPS) is 10.5. The number of fused-ring (bicyclic) bond motifs is 1. The standard InChI is InChI=1S/C14H11N3O3S/c1-20-14(19)8-2-4-9(5-3-8)16-13(18)10-6-11-12(17-10)15-7-21-11/h2-7,17H,1H3,(H,16,18). The van der Waals surface area contributed by atoms with Crippen molar-refractivity contribution in [3.8, 4) is 0 Å². The van der Waals surface area contributed by atoms with Gasteiger partial charge in [-0.1, -0.05) is 0 Å². The number of aromatic amines is 1. The summed E-state index contributed by atoms with van der Waals surface area (Å²) >= 11 is 1.47. The number of hydrogen-bond donors (Lipinski definition) is 2. The molecule has 0 atom stereocenters. The number of nitrogens with one attached hydrogen (secondary N) is 2. The molecule has 3 aromatic rings. The zero-order chi connectivity index (χ0) is 14.8. The van der Waals surface area contributed by atoms with Crippen molar-refractivity contribution in [3.63, 3.8) is 0 Å². The molecule has 2 N–H and O–H groups in total. The number of amides is 1. The Morgan fingerprint density at radius 2 is 2.05 bits per heavy atom. The van der Waals surface area contributed by atoms with Gasteiger partial charge in [0, 0.05) is 5.69 Å². The molecule has 0 spiro atoms. The Balaban J connectivity index is 1.75. The van der Waals surface area contributed by atoms with E-state index in [1.165, 1.54) is 18.4 Å². The van der Waals surface area contributed by atoms with E-state index in [2.05, 4.69) is 20.0 Å². The lowest BCUT2D eigenvalue weighted by molar-refractivity contribution is 0.0600. The average Bonchev–Trinajstić information content (AvgIpc) is 3.08. The summed E-state index contributed by atoms with van der Waals surface area (Å²) in [5.74, 6) is -0.672. The third kappa shape index (κ3) is 2.63. The molecule has 2 aromatic heterocycles. The van der Waals surface area contributed by atoms with Crippen molar-refractivity contribution in [3.05, 3.63) is 47.1 Å². The van der Waals surface area contributed by atoms with Crippen LogP contribution in [0, 0.1) is 0 Å². The van der Waals surface area contributed by atoms with E-state index in [-0.39, 0.29) is 5.91 Å². The Kier molecular flexibility index (Phi) is 3.41. The summed E-state index contributed by atoms with van der Waals surface area (Å²) in [7, 11) is 1.32. The van der Waals surface area contributed by atoms with Gasteiger partial charge < -0.3 is 15.0 Å². The first-order valence-electron chi connectivity index (χ1n) is 6.09. The van der Waals surface area contributed by atoms with Crippen molar-refractivity contribution < 1.29 is 14.3 Å². The van der Waals surface area contributed by atoms with E-state index in [1.807, 2.05) is 0 Å². The molecule has 0 aliphatic heterocycles. The van der Waals surface area contributed by atoms with Crippen molar-refractivity contribution in [2.24, 2.45) is 0 Å². The summed E-state index contributed by atoms with van der Waals surface area (Å²) in [4.78, 5) is 30.5. The maximum Gasteiger partial charge on any atom is 0.337 e. The molecule has 0 saturated heterocycles. The number of carbonyl (C=O) groups is 2. The van der Waals surface area contributed by atoms with Crippen LogP contribution in [0.3, 0.4) is 0 Å². The van der Waals surface area contributed by atoms with Gasteiger partial charge in [0.15, 0.2) is 0 Å². The molecule has 2 heterocycles. The number of rotatable bonds is 3. The molecular formula is C14H11N3O3S. The van der Waals surface area contributed by atoms with E-state index in [1.54, 1.807) is 35.8 Å². The molecule has 0 aliphatic carbocycles. The number of esters is 1. The van der Waals surface area contributed by atoms with Gasteiger partial charge in [0.25, 0.3) is 5.91 Å². The topological polar surface area (TPSA) is 84.1 Å². The number of aromatic nitrogens is 2. The lowest BCUT2D eigenvalue weighted by Gasteiger charge is -2.04. The van der Waals surface area contributed by atoms with Crippen LogP contribution < -0.4 is 5.32 Å². The molecule has 0 saturated carbocycles. The van der Waals surface area contributed by atoms with Gasteiger partial charge in [-0.25, -0.2) is 9.78 Å². The number of hydrogen-bond acceptors (Lipinski definition) is 5. The van der Waals surface area contributed by atoms with E-state index < -0.39 is 5.97 Å². The molecular weight excluding hydrogens is 290 g/mol. The number of H-pyrrole nitrogens is 1. The third-order valence-electron chi connectivity index (χ3n) is 2.93. The summed E-state index contributed by atoms with van der Waals surface area (Å²) in [6.45, 7) is 0. The highest BCUT2D eigenvalue weighted by Gasteiger charge is 2.11. The number of anilines is 1. The first kappa shape index (κ1) is 13.3. The Hall–Kier alpha value is -2.67. The quantitative estimate of drug-likeness (QED) is 0.728. The molecule has 7 heteroatoms. The van der Waals surface area contributed by atoms with E-state index >= 15 is 0 Å². The molecule has 6 nitrogen and oxygen atoms in total. The fourth-order valence-electron chi connectivity index (χ4n) is 1.87. The Morgan fingerprint density at radius 3 is 2.71 bits per heavy atom. The summed E-state index contributed by atoms with van der Waals surface area (Å²) in [6.07, 6.45) is 0. The predicted octanol–water partition coefficient (Wildman–Crippen LogP) is 2.66. The van der Waals surface area contributed by atoms with Crippen LogP contribution in [0.4, 0.5) is 5.69 Å². The molecule has 0 radical (unpaired) electrons. The molecule has 1 amide bonds. The van der Waals surface area contributed by atoms with Crippen molar-refractivity contribution in [1.29, 1.82) is 0 Å². The zero-order valence-corrected chi connectivity index (χ0v) is 11.9. The number of thiazole rings is 1. The lowest BCUT2D eigenvalue weighted by Crippen LogP contribution is -2.12. The zero-order valence-electron chi connectivity index (χ0n) is 11.0. The van der Waals surface area contributed by atoms with Gasteiger partial charge in [-0.15, -0.1) is 11.3 Å². The maximum absolute atomic E-state index is 12.1. The Bertz CT molecular complexity index is 776. The number of benzene rings is 1. The van der Waals surface area contributed by atoms with Crippen LogP contribution in [0.2, 0.25) is 0 Å². The van der Waals surface area contributed by atoms with Crippen molar-refractivity contribution >= 4 is 39.2 Å². The Morgan fingerprint density at radius 1 is 1.29 bits per heavy atom. The SMILES string of the molecule is COC(=O)c1ccc(NC(=O)c2cc3scnc3[nH]2)cc1. The van der Waals surface area contributed by atoms with E-state index in [4.69, 9.17) is 0 Å². The second-order valence-electron chi connectivity index (χ2n) is 4.27. The van der Waals surface area contributed by atoms with Gasteiger partial charge in [-0.3, -0.25) is 4.79 Å². The van der Waals surface area contributed by atoms with Crippen LogP contribution in [-0.2, 0) is 4.74 Å². The molecule has 0 bridgehead atoms. The van der Waals surface area contributed by atoms with E-state index in [0.29, 0.717) is 22.6 Å². The van der Waals surface area contributed by atoms with Gasteiger partial charge >= 0.3 is 5.97 Å². The predicted molar refractivity (Wildman–Crippen MR) is 79.7 cm³/mol. The number of methoxy groups -OCH3 is 1. The smallest absolute Gasteiger partial charge is 0.337 e. The first-order valence-corrected chi connectivity index (χ1v) is 6.97. The highest BCUT2D eigenvalue weighted by atomic mass is 32.1. The molecule has 0 aliphatic rings. The molecule has 106 valence electrons. The number of carbonyl (C=O) groups excluding carboxylic acids is 2. The van der Waals surface area contributed by atoms with Crippen LogP contribution in [0.5, 0.6) is 0 Å². The minimum absolute atomic E-state index is 0.258. The highest BCUT2D eigenvalue weighted by molar-refractivity contribution is 7.16. The van der Waals surface area contributed by atoms with Crippen LogP contribution in [-0.4, -0.2) is 29.0 Å². The minimum Gasteiger partial charge on any atom is -0.465 e. The largest absolute Gasteiger partial charge is 0.465 e.